The number of hydrogen-bond acceptors (Lipinski definition) is 3. The van der Waals surface area contributed by atoms with Crippen molar-refractivity contribution in [2.24, 2.45) is 0 Å². The molecular weight excluding hydrogens is 356 g/mol. The van der Waals surface area contributed by atoms with Crippen molar-refractivity contribution in [3.63, 3.8) is 0 Å². The molecule has 3 nitrogen and oxygen atoms in total. The normalized spacial score (nSPS) is 10.9. The predicted octanol–water partition coefficient (Wildman–Crippen LogP) is 4.54. The summed E-state index contributed by atoms with van der Waals surface area (Å²) in [6.07, 6.45) is 0. The first kappa shape index (κ1) is 14.9. The van der Waals surface area contributed by atoms with Gasteiger partial charge in [0.05, 0.1) is 12.2 Å². The molecule has 0 saturated heterocycles. The fourth-order valence-electron chi connectivity index (χ4n) is 2.21. The Morgan fingerprint density at radius 2 is 1.95 bits per heavy atom. The van der Waals surface area contributed by atoms with E-state index in [1.807, 2.05) is 6.07 Å². The second kappa shape index (κ2) is 5.98. The molecule has 2 aromatic carbocycles. The zero-order chi connectivity index (χ0) is 15.7. The van der Waals surface area contributed by atoms with Crippen LogP contribution in [0.1, 0.15) is 5.56 Å². The monoisotopic (exact) mass is 365 g/mol. The zero-order valence-corrected chi connectivity index (χ0v) is 12.8. The summed E-state index contributed by atoms with van der Waals surface area (Å²) in [6.45, 7) is -0.377. The predicted molar refractivity (Wildman–Crippen MR) is 80.9 cm³/mol. The van der Waals surface area contributed by atoms with Crippen LogP contribution in [0.2, 0.25) is 0 Å². The van der Waals surface area contributed by atoms with Crippen molar-refractivity contribution in [3.8, 4) is 22.6 Å². The molecule has 0 amide bonds. The van der Waals surface area contributed by atoms with Crippen LogP contribution in [0.25, 0.3) is 22.6 Å². The lowest BCUT2D eigenvalue weighted by molar-refractivity contribution is 0.281. The molecule has 22 heavy (non-hydrogen) atoms. The number of aliphatic hydroxyl groups excluding tert-OH is 1. The number of halogens is 3. The maximum absolute atomic E-state index is 13.9. The van der Waals surface area contributed by atoms with Crippen LogP contribution in [-0.2, 0) is 6.61 Å². The minimum absolute atomic E-state index is 0.0791. The van der Waals surface area contributed by atoms with E-state index in [4.69, 9.17) is 4.52 Å². The van der Waals surface area contributed by atoms with E-state index in [-0.39, 0.29) is 17.9 Å². The summed E-state index contributed by atoms with van der Waals surface area (Å²) < 4.78 is 33.0. The van der Waals surface area contributed by atoms with Crippen molar-refractivity contribution in [1.82, 2.24) is 5.16 Å². The van der Waals surface area contributed by atoms with Gasteiger partial charge in [-0.25, -0.2) is 8.78 Å². The fraction of sp³-hybridized carbons (Fsp3) is 0.0625. The van der Waals surface area contributed by atoms with Gasteiger partial charge in [0.25, 0.3) is 0 Å². The number of rotatable bonds is 3. The van der Waals surface area contributed by atoms with Crippen LogP contribution in [0.15, 0.2) is 51.5 Å². The molecule has 3 rings (SSSR count). The van der Waals surface area contributed by atoms with Crippen molar-refractivity contribution in [2.75, 3.05) is 0 Å². The van der Waals surface area contributed by atoms with E-state index in [0.29, 0.717) is 16.9 Å². The van der Waals surface area contributed by atoms with Crippen molar-refractivity contribution in [3.05, 3.63) is 64.1 Å². The third-order valence-corrected chi connectivity index (χ3v) is 3.71. The summed E-state index contributed by atoms with van der Waals surface area (Å²) in [4.78, 5) is 0. The smallest absolute Gasteiger partial charge is 0.173 e. The maximum atomic E-state index is 13.9. The quantitative estimate of drug-likeness (QED) is 0.740. The molecule has 1 aromatic heterocycles. The Balaban J connectivity index is 2.15. The number of benzene rings is 2. The van der Waals surface area contributed by atoms with Crippen LogP contribution in [0, 0.1) is 11.6 Å². The Morgan fingerprint density at radius 3 is 2.64 bits per heavy atom. The van der Waals surface area contributed by atoms with Crippen LogP contribution in [0.4, 0.5) is 8.78 Å². The van der Waals surface area contributed by atoms with E-state index in [1.54, 1.807) is 18.2 Å². The van der Waals surface area contributed by atoms with Gasteiger partial charge in [0.15, 0.2) is 5.76 Å². The van der Waals surface area contributed by atoms with Crippen LogP contribution < -0.4 is 0 Å². The molecule has 0 spiro atoms. The molecule has 3 aromatic rings. The Labute approximate surface area is 133 Å². The molecule has 0 fully saturated rings. The van der Waals surface area contributed by atoms with E-state index in [9.17, 15) is 13.9 Å². The van der Waals surface area contributed by atoms with E-state index < -0.39 is 11.6 Å². The Hall–Kier alpha value is -2.05. The summed E-state index contributed by atoms with van der Waals surface area (Å²) in [5.41, 5.74) is 1.29. The van der Waals surface area contributed by atoms with Gasteiger partial charge in [-0.3, -0.25) is 0 Å². The minimum Gasteiger partial charge on any atom is -0.391 e. The molecule has 1 heterocycles. The minimum atomic E-state index is -0.760. The van der Waals surface area contributed by atoms with Crippen LogP contribution in [0.5, 0.6) is 0 Å². The van der Waals surface area contributed by atoms with Crippen molar-refractivity contribution in [1.29, 1.82) is 0 Å². The second-order valence-electron chi connectivity index (χ2n) is 4.63. The van der Waals surface area contributed by atoms with Crippen molar-refractivity contribution in [2.45, 2.75) is 6.61 Å². The lowest BCUT2D eigenvalue weighted by Gasteiger charge is -2.03. The highest BCUT2D eigenvalue weighted by Gasteiger charge is 2.21. The summed E-state index contributed by atoms with van der Waals surface area (Å²) in [5.74, 6) is -1.09. The third-order valence-electron chi connectivity index (χ3n) is 3.22. The first-order valence-electron chi connectivity index (χ1n) is 6.41. The summed E-state index contributed by atoms with van der Waals surface area (Å²) in [6, 6.07) is 10.4. The lowest BCUT2D eigenvalue weighted by Crippen LogP contribution is -1.92. The fourth-order valence-corrected chi connectivity index (χ4v) is 2.60. The van der Waals surface area contributed by atoms with E-state index in [2.05, 4.69) is 21.1 Å². The van der Waals surface area contributed by atoms with Gasteiger partial charge < -0.3 is 9.63 Å². The van der Waals surface area contributed by atoms with Crippen molar-refractivity contribution < 1.29 is 18.4 Å². The van der Waals surface area contributed by atoms with Gasteiger partial charge in [-0.15, -0.1) is 0 Å². The number of aliphatic hydroxyl groups is 1. The van der Waals surface area contributed by atoms with Gasteiger partial charge >= 0.3 is 0 Å². The summed E-state index contributed by atoms with van der Waals surface area (Å²) in [5, 5.41) is 13.5. The molecule has 0 saturated carbocycles. The van der Waals surface area contributed by atoms with Gasteiger partial charge in [-0.05, 0) is 24.3 Å². The van der Waals surface area contributed by atoms with Gasteiger partial charge in [-0.2, -0.15) is 0 Å². The molecule has 6 heteroatoms. The maximum Gasteiger partial charge on any atom is 0.173 e. The molecule has 0 radical (unpaired) electrons. The third kappa shape index (κ3) is 2.67. The summed E-state index contributed by atoms with van der Waals surface area (Å²) in [7, 11) is 0. The van der Waals surface area contributed by atoms with Gasteiger partial charge in [0, 0.05) is 21.7 Å². The molecule has 0 aliphatic carbocycles. The molecule has 1 N–H and O–H groups in total. The van der Waals surface area contributed by atoms with E-state index >= 15 is 0 Å². The SMILES string of the molecule is OCc1c(-c2ccc(F)cc2F)noc1-c1cccc(Br)c1. The van der Waals surface area contributed by atoms with Gasteiger partial charge in [0.1, 0.15) is 17.3 Å². The highest BCUT2D eigenvalue weighted by molar-refractivity contribution is 9.10. The molecule has 0 bridgehead atoms. The Morgan fingerprint density at radius 1 is 1.14 bits per heavy atom. The largest absolute Gasteiger partial charge is 0.391 e. The molecular formula is C16H10BrF2NO2. The topological polar surface area (TPSA) is 46.3 Å². The highest BCUT2D eigenvalue weighted by atomic mass is 79.9. The molecule has 112 valence electrons. The average molecular weight is 366 g/mol. The Kier molecular flexibility index (Phi) is 4.04. The molecule has 0 unspecified atom stereocenters. The second-order valence-corrected chi connectivity index (χ2v) is 5.55. The van der Waals surface area contributed by atoms with Crippen LogP contribution >= 0.6 is 15.9 Å². The van der Waals surface area contributed by atoms with Crippen LogP contribution in [-0.4, -0.2) is 10.3 Å². The first-order chi connectivity index (χ1) is 10.6. The van der Waals surface area contributed by atoms with Gasteiger partial charge in [-0.1, -0.05) is 33.2 Å². The molecule has 0 aliphatic rings. The lowest BCUT2D eigenvalue weighted by atomic mass is 10.0. The van der Waals surface area contributed by atoms with E-state index in [0.717, 1.165) is 16.6 Å². The Bertz CT molecular complexity index is 833. The molecule has 0 aliphatic heterocycles. The summed E-state index contributed by atoms with van der Waals surface area (Å²) >= 11 is 3.35. The highest BCUT2D eigenvalue weighted by Crippen LogP contribution is 2.34. The van der Waals surface area contributed by atoms with Crippen LogP contribution in [0.3, 0.4) is 0 Å². The van der Waals surface area contributed by atoms with Crippen molar-refractivity contribution >= 4 is 15.9 Å². The number of hydrogen-bond donors (Lipinski definition) is 1. The zero-order valence-electron chi connectivity index (χ0n) is 11.2. The van der Waals surface area contributed by atoms with Gasteiger partial charge in [0.2, 0.25) is 0 Å². The average Bonchev–Trinajstić information content (AvgIpc) is 2.91. The standard InChI is InChI=1S/C16H10BrF2NO2/c17-10-3-1-2-9(6-10)16-13(8-21)15(20-22-16)12-5-4-11(18)7-14(12)19/h1-7,21H,8H2. The first-order valence-corrected chi connectivity index (χ1v) is 7.20. The van der Waals surface area contributed by atoms with E-state index in [1.165, 1.54) is 6.07 Å². The number of nitrogens with zero attached hydrogens (tertiary/aromatic N) is 1. The molecule has 0 atom stereocenters. The number of aromatic nitrogens is 1.